The second-order valence-corrected chi connectivity index (χ2v) is 13.4. The Morgan fingerprint density at radius 1 is 1.20 bits per heavy atom. The average molecular weight is 678 g/mol. The first-order chi connectivity index (χ1) is 21.7. The highest BCUT2D eigenvalue weighted by atomic mass is 32.2. The van der Waals surface area contributed by atoms with Crippen LogP contribution in [-0.2, 0) is 28.8 Å². The number of fused-ring (bicyclic) bond motifs is 1. The second kappa shape index (κ2) is 12.6. The topological polar surface area (TPSA) is 245 Å². The number of aliphatic carboxylic acids is 2. The number of hydrogen-bond acceptors (Lipinski definition) is 12. The molecule has 1 aromatic rings. The van der Waals surface area contributed by atoms with Gasteiger partial charge in [-0.1, -0.05) is 5.16 Å². The summed E-state index contributed by atoms with van der Waals surface area (Å²) < 4.78 is 0. The van der Waals surface area contributed by atoms with E-state index in [4.69, 9.17) is 10.6 Å². The molecule has 5 heterocycles. The number of carbonyl (C=O) groups is 6. The Kier molecular flexibility index (Phi) is 8.98. The number of nitrogen functional groups attached to an aromatic ring is 1. The van der Waals surface area contributed by atoms with E-state index in [0.717, 1.165) is 16.2 Å². The lowest BCUT2D eigenvalue weighted by molar-refractivity contribution is -0.161. The number of thioether (sulfide) groups is 1. The molecule has 3 saturated heterocycles. The van der Waals surface area contributed by atoms with E-state index in [1.54, 1.807) is 4.90 Å². The molecular weight excluding hydrogens is 646 g/mol. The van der Waals surface area contributed by atoms with Crippen LogP contribution in [0.25, 0.3) is 0 Å². The summed E-state index contributed by atoms with van der Waals surface area (Å²) in [6.45, 7) is 3.43. The van der Waals surface area contributed by atoms with Crippen molar-refractivity contribution in [1.29, 1.82) is 0 Å². The van der Waals surface area contributed by atoms with Crippen molar-refractivity contribution in [2.75, 3.05) is 31.1 Å². The van der Waals surface area contributed by atoms with E-state index in [9.17, 15) is 44.1 Å². The SMILES string of the molecule is CC(C)(O/N=C(\C(=O)N[C@H]1C(=O)N2C(C(=O)O)=C(/C=C3\CCCN(C4CCN(C(=O)O)C4)C3=O)CSC12)c1csc(N)n1)C(=O)O. The predicted molar refractivity (Wildman–Crippen MR) is 163 cm³/mol. The standard InChI is InChI=1S/C27H31N7O10S2/c1-27(2,24(40)41)44-31-16(15-11-46-25(28)29-15)19(35)30-17-21(37)34-18(23(38)39)13(10-45-22(17)34)8-12-4-3-6-33(20(12)36)14-5-7-32(9-14)26(42)43/h8,11,14,17,22H,3-7,9-10H2,1-2H3,(H2,28,29)(H,30,35)(H,38,39)(H,40,41)(H,42,43)/b12-8+,31-16-/t14?,17-,22?/m0/s1. The first-order valence-electron chi connectivity index (χ1n) is 14.1. The van der Waals surface area contributed by atoms with Gasteiger partial charge in [-0.2, -0.15) is 0 Å². The highest BCUT2D eigenvalue weighted by Gasteiger charge is 2.54. The molecule has 0 spiro atoms. The van der Waals surface area contributed by atoms with Crippen molar-refractivity contribution in [3.8, 4) is 0 Å². The lowest BCUT2D eigenvalue weighted by Gasteiger charge is -2.49. The maximum Gasteiger partial charge on any atom is 0.407 e. The number of nitrogens with one attached hydrogen (secondary N) is 1. The smallest absolute Gasteiger partial charge is 0.407 e. The van der Waals surface area contributed by atoms with Gasteiger partial charge in [0.1, 0.15) is 22.8 Å². The van der Waals surface area contributed by atoms with Crippen LogP contribution in [0.1, 0.15) is 38.8 Å². The number of carboxylic acids is 2. The van der Waals surface area contributed by atoms with Gasteiger partial charge < -0.3 is 41.0 Å². The highest BCUT2D eigenvalue weighted by Crippen LogP contribution is 2.41. The molecule has 4 aliphatic rings. The average Bonchev–Trinajstić information content (AvgIpc) is 3.66. The van der Waals surface area contributed by atoms with Crippen LogP contribution >= 0.6 is 23.1 Å². The van der Waals surface area contributed by atoms with Crippen LogP contribution in [0.3, 0.4) is 0 Å². The number of oxime groups is 1. The predicted octanol–water partition coefficient (Wildman–Crippen LogP) is 0.349. The summed E-state index contributed by atoms with van der Waals surface area (Å²) in [6.07, 6.45) is 1.97. The van der Waals surface area contributed by atoms with E-state index in [1.807, 2.05) is 0 Å². The number of anilines is 1. The number of β-lactam (4-membered cyclic amide) rings is 1. The van der Waals surface area contributed by atoms with Gasteiger partial charge in [-0.15, -0.1) is 23.1 Å². The van der Waals surface area contributed by atoms with Crippen molar-refractivity contribution in [3.63, 3.8) is 0 Å². The Labute approximate surface area is 269 Å². The van der Waals surface area contributed by atoms with Gasteiger partial charge in [0.15, 0.2) is 10.8 Å². The van der Waals surface area contributed by atoms with Gasteiger partial charge in [-0.3, -0.25) is 19.3 Å². The third-order valence-electron chi connectivity index (χ3n) is 7.95. The minimum atomic E-state index is -1.80. The number of nitrogens with zero attached hydrogens (tertiary/aromatic N) is 5. The van der Waals surface area contributed by atoms with Crippen LogP contribution in [0.2, 0.25) is 0 Å². The van der Waals surface area contributed by atoms with Crippen LogP contribution < -0.4 is 11.1 Å². The van der Waals surface area contributed by atoms with E-state index in [2.05, 4.69) is 15.5 Å². The molecule has 0 aromatic carbocycles. The molecule has 0 saturated carbocycles. The molecule has 4 aliphatic heterocycles. The summed E-state index contributed by atoms with van der Waals surface area (Å²) in [5, 5.41) is 35.7. The summed E-state index contributed by atoms with van der Waals surface area (Å²) in [7, 11) is 0. The van der Waals surface area contributed by atoms with Crippen molar-refractivity contribution >= 4 is 69.7 Å². The minimum absolute atomic E-state index is 0.0133. The Morgan fingerprint density at radius 3 is 2.54 bits per heavy atom. The van der Waals surface area contributed by atoms with Crippen LogP contribution in [0.4, 0.5) is 9.93 Å². The fourth-order valence-electron chi connectivity index (χ4n) is 5.46. The number of nitrogens with two attached hydrogens (primary N) is 1. The third kappa shape index (κ3) is 6.23. The summed E-state index contributed by atoms with van der Waals surface area (Å²) in [4.78, 5) is 88.3. The van der Waals surface area contributed by atoms with Crippen LogP contribution in [0, 0.1) is 0 Å². The van der Waals surface area contributed by atoms with E-state index in [1.165, 1.54) is 42.0 Å². The molecule has 246 valence electrons. The number of thiazole rings is 1. The van der Waals surface area contributed by atoms with Crippen molar-refractivity contribution in [3.05, 3.63) is 34.0 Å². The van der Waals surface area contributed by atoms with Crippen molar-refractivity contribution in [2.45, 2.75) is 56.2 Å². The highest BCUT2D eigenvalue weighted by molar-refractivity contribution is 8.00. The first kappa shape index (κ1) is 32.7. The Balaban J connectivity index is 1.34. The largest absolute Gasteiger partial charge is 0.478 e. The van der Waals surface area contributed by atoms with Crippen molar-refractivity contribution in [1.82, 2.24) is 25.0 Å². The fourth-order valence-corrected chi connectivity index (χ4v) is 7.31. The molecule has 0 bridgehead atoms. The van der Waals surface area contributed by atoms with E-state index < -0.39 is 52.6 Å². The molecule has 3 atom stereocenters. The third-order valence-corrected chi connectivity index (χ3v) is 9.93. The van der Waals surface area contributed by atoms with Crippen LogP contribution in [0.15, 0.2) is 33.5 Å². The lowest BCUT2D eigenvalue weighted by atomic mass is 9.97. The second-order valence-electron chi connectivity index (χ2n) is 11.4. The summed E-state index contributed by atoms with van der Waals surface area (Å²) >= 11 is 2.19. The number of piperidine rings is 1. The minimum Gasteiger partial charge on any atom is -0.478 e. The Morgan fingerprint density at radius 2 is 1.93 bits per heavy atom. The van der Waals surface area contributed by atoms with Gasteiger partial charge in [-0.25, -0.2) is 19.4 Å². The molecule has 17 nitrogen and oxygen atoms in total. The zero-order valence-corrected chi connectivity index (χ0v) is 26.3. The van der Waals surface area contributed by atoms with E-state index in [-0.39, 0.29) is 46.3 Å². The van der Waals surface area contributed by atoms with Crippen LogP contribution in [-0.4, -0.2) is 125 Å². The molecular formula is C27H31N7O10S2. The fraction of sp³-hybridized carbons (Fsp3) is 0.481. The molecule has 0 aliphatic carbocycles. The van der Waals surface area contributed by atoms with Gasteiger partial charge in [0.25, 0.3) is 11.8 Å². The number of allylic oxidation sites excluding steroid dienone is 1. The number of rotatable bonds is 9. The molecule has 3 fully saturated rings. The summed E-state index contributed by atoms with van der Waals surface area (Å²) in [5.74, 6) is -4.53. The normalized spacial score (nSPS) is 24.6. The first-order valence-corrected chi connectivity index (χ1v) is 16.0. The van der Waals surface area contributed by atoms with Gasteiger partial charge in [-0.05, 0) is 44.8 Å². The zero-order valence-electron chi connectivity index (χ0n) is 24.7. The number of carbonyl (C=O) groups excluding carboxylic acids is 3. The molecule has 2 unspecified atom stereocenters. The lowest BCUT2D eigenvalue weighted by Crippen LogP contribution is -2.71. The number of amides is 4. The molecule has 4 amide bonds. The van der Waals surface area contributed by atoms with E-state index in [0.29, 0.717) is 37.9 Å². The molecule has 6 N–H and O–H groups in total. The molecule has 46 heavy (non-hydrogen) atoms. The zero-order chi connectivity index (χ0) is 33.5. The summed E-state index contributed by atoms with van der Waals surface area (Å²) in [5.41, 5.74) is 3.79. The number of aromatic nitrogens is 1. The molecule has 5 rings (SSSR count). The van der Waals surface area contributed by atoms with E-state index >= 15 is 0 Å². The number of carboxylic acid groups (broad SMARTS) is 3. The number of hydrogen-bond donors (Lipinski definition) is 5. The number of likely N-dealkylation sites (tertiary alicyclic amines) is 2. The van der Waals surface area contributed by atoms with Gasteiger partial charge >= 0.3 is 18.0 Å². The Hall–Kier alpha value is -4.65. The Bertz CT molecular complexity index is 1600. The molecule has 0 radical (unpaired) electrons. The maximum absolute atomic E-state index is 13.4. The van der Waals surface area contributed by atoms with Gasteiger partial charge in [0.2, 0.25) is 11.5 Å². The van der Waals surface area contributed by atoms with Crippen molar-refractivity contribution in [2.24, 2.45) is 5.16 Å². The molecule has 19 heteroatoms. The van der Waals surface area contributed by atoms with Crippen LogP contribution in [0.5, 0.6) is 0 Å². The van der Waals surface area contributed by atoms with Gasteiger partial charge in [0, 0.05) is 36.3 Å². The maximum atomic E-state index is 13.4. The van der Waals surface area contributed by atoms with Crippen molar-refractivity contribution < 1.29 is 48.9 Å². The van der Waals surface area contributed by atoms with Gasteiger partial charge in [0.05, 0.1) is 6.04 Å². The quantitative estimate of drug-likeness (QED) is 0.103. The monoisotopic (exact) mass is 677 g/mol. The molecule has 1 aromatic heterocycles. The summed E-state index contributed by atoms with van der Waals surface area (Å²) in [6, 6.07) is -1.43.